The number of rotatable bonds is 32. The molecule has 2 aromatic carbocycles. The fourth-order valence-electron chi connectivity index (χ4n) is 9.81. The van der Waals surface area contributed by atoms with E-state index in [-0.39, 0.29) is 83.2 Å². The predicted molar refractivity (Wildman–Crippen MR) is 309 cm³/mol. The fraction of sp³-hybridized carbons (Fsp3) is 0.589. The van der Waals surface area contributed by atoms with Crippen LogP contribution >= 0.6 is 22.6 Å². The number of carboxylic acid groups (broad SMARTS) is 3. The number of aromatic nitrogens is 1. The van der Waals surface area contributed by atoms with E-state index in [1.165, 1.54) is 5.56 Å². The van der Waals surface area contributed by atoms with Gasteiger partial charge < -0.3 is 41.3 Å². The lowest BCUT2D eigenvalue weighted by Gasteiger charge is -2.33. The van der Waals surface area contributed by atoms with Crippen molar-refractivity contribution in [1.29, 1.82) is 0 Å². The molecule has 1 aromatic heterocycles. The molecular formula is C56H82IN11O11. The lowest BCUT2D eigenvalue weighted by molar-refractivity contribution is -0.140. The van der Waals surface area contributed by atoms with Gasteiger partial charge in [0, 0.05) is 106 Å². The number of hydrogen-bond donors (Lipinski definition) is 7. The SMILES string of the molecule is NC(=O)c1ccnc2ccc(OCCCC3CCN(C(=O)CCCCC/C=N/N[C@H](CCCCNC(=O)CCCc4ccc(I)cc4)NC(=O)CN4CCN(CC(=O)O)CCN(CC(=O)O)CCN(CC(=O)O)CC4)CC3)cc12. The molecule has 1 atom stereocenters. The minimum absolute atomic E-state index is 0.00806. The molecule has 2 aliphatic rings. The molecule has 4 amide bonds. The molecule has 0 spiro atoms. The van der Waals surface area contributed by atoms with E-state index < -0.39 is 30.0 Å². The number of nitrogens with two attached hydrogens (primary N) is 1. The second-order valence-corrected chi connectivity index (χ2v) is 21.7. The van der Waals surface area contributed by atoms with E-state index >= 15 is 0 Å². The first-order chi connectivity index (χ1) is 38.1. The van der Waals surface area contributed by atoms with E-state index in [4.69, 9.17) is 10.5 Å². The number of hydrazone groups is 1. The number of carboxylic acids is 3. The number of pyridine rings is 1. The number of nitrogens with zero attached hydrogens (tertiary/aromatic N) is 7. The molecule has 2 aliphatic heterocycles. The summed E-state index contributed by atoms with van der Waals surface area (Å²) < 4.78 is 7.17. The number of hydrogen-bond acceptors (Lipinski definition) is 15. The van der Waals surface area contributed by atoms with Crippen molar-refractivity contribution < 1.29 is 53.6 Å². The maximum atomic E-state index is 13.8. The monoisotopic (exact) mass is 1210 g/mol. The summed E-state index contributed by atoms with van der Waals surface area (Å²) in [6, 6.07) is 15.4. The first kappa shape index (κ1) is 63.8. The highest BCUT2D eigenvalue weighted by Gasteiger charge is 2.24. The van der Waals surface area contributed by atoms with Crippen molar-refractivity contribution in [3.8, 4) is 5.75 Å². The lowest BCUT2D eigenvalue weighted by atomic mass is 9.92. The minimum atomic E-state index is -1.04. The van der Waals surface area contributed by atoms with Gasteiger partial charge in [0.25, 0.3) is 0 Å². The summed E-state index contributed by atoms with van der Waals surface area (Å²) in [6.07, 6.45) is 14.1. The number of aliphatic carboxylic acids is 3. The van der Waals surface area contributed by atoms with Crippen LogP contribution in [0.15, 0.2) is 59.8 Å². The number of carbonyl (C=O) groups is 7. The summed E-state index contributed by atoms with van der Waals surface area (Å²) in [6.45, 7) is 3.94. The number of amides is 4. The lowest BCUT2D eigenvalue weighted by Crippen LogP contribution is -2.51. The van der Waals surface area contributed by atoms with Crippen molar-refractivity contribution in [2.24, 2.45) is 16.8 Å². The first-order valence-corrected chi connectivity index (χ1v) is 28.9. The first-order valence-electron chi connectivity index (χ1n) is 27.8. The Kier molecular flexibility index (Phi) is 28.7. The predicted octanol–water partition coefficient (Wildman–Crippen LogP) is 4.09. The zero-order valence-electron chi connectivity index (χ0n) is 45.5. The average Bonchev–Trinajstić information content (AvgIpc) is 3.41. The summed E-state index contributed by atoms with van der Waals surface area (Å²) in [5.74, 6) is -2.54. The zero-order valence-corrected chi connectivity index (χ0v) is 47.7. The molecule has 3 aromatic rings. The van der Waals surface area contributed by atoms with E-state index in [2.05, 4.69) is 73.0 Å². The standard InChI is InChI=1S/C56H82IN11O11/c57-44-16-14-42(15-17-44)9-7-12-50(69)60-23-6-4-11-49(62-51(70)38-64-28-30-65(39-53(72)73)32-34-67(41-55(76)77)35-33-66(31-29-64)40-54(74)75)63-61-24-5-2-1-3-13-52(71)68-26-21-43(22-27-68)10-8-36-79-45-18-19-48-47(37-45)46(56(58)78)20-25-59-48/h14-20,24-25,37,43,49,63H,1-13,21-23,26-36,38-41H2,(H2,58,78)(H,60,69)(H,62,70)(H,72,73)(H,74,75)(H,76,77)/b61-24+/t49-/m1/s1. The summed E-state index contributed by atoms with van der Waals surface area (Å²) in [5.41, 5.74) is 10.9. The van der Waals surface area contributed by atoms with Crippen LogP contribution in [0.4, 0.5) is 0 Å². The molecule has 0 bridgehead atoms. The van der Waals surface area contributed by atoms with E-state index in [1.54, 1.807) is 33.2 Å². The number of aryl methyl sites for hydroxylation is 1. The topological polar surface area (TPSA) is 293 Å². The van der Waals surface area contributed by atoms with Gasteiger partial charge in [0.2, 0.25) is 23.6 Å². The molecule has 22 nitrogen and oxygen atoms in total. The van der Waals surface area contributed by atoms with Crippen molar-refractivity contribution in [2.45, 2.75) is 102 Å². The second kappa shape index (κ2) is 35.6. The van der Waals surface area contributed by atoms with Crippen LogP contribution in [0.25, 0.3) is 10.9 Å². The number of benzene rings is 2. The number of piperidine rings is 1. The summed E-state index contributed by atoms with van der Waals surface area (Å²) >= 11 is 2.27. The number of nitrogens with one attached hydrogen (secondary N) is 3. The molecule has 434 valence electrons. The van der Waals surface area contributed by atoms with E-state index in [0.29, 0.717) is 92.9 Å². The van der Waals surface area contributed by atoms with Gasteiger partial charge in [-0.05, 0) is 148 Å². The van der Waals surface area contributed by atoms with Crippen molar-refractivity contribution in [3.63, 3.8) is 0 Å². The number of carbonyl (C=O) groups excluding carboxylic acids is 4. The Labute approximate surface area is 477 Å². The van der Waals surface area contributed by atoms with Crippen LogP contribution in [0.2, 0.25) is 0 Å². The van der Waals surface area contributed by atoms with Gasteiger partial charge in [0.15, 0.2) is 0 Å². The van der Waals surface area contributed by atoms with Gasteiger partial charge in [-0.1, -0.05) is 18.6 Å². The van der Waals surface area contributed by atoms with Gasteiger partial charge in [-0.15, -0.1) is 0 Å². The minimum Gasteiger partial charge on any atom is -0.494 e. The van der Waals surface area contributed by atoms with E-state index in [0.717, 1.165) is 74.4 Å². The molecule has 0 saturated carbocycles. The van der Waals surface area contributed by atoms with Gasteiger partial charge in [-0.2, -0.15) is 5.10 Å². The highest BCUT2D eigenvalue weighted by Crippen LogP contribution is 2.25. The Hall–Kier alpha value is -6.02. The third-order valence-electron chi connectivity index (χ3n) is 14.2. The molecule has 5 rings (SSSR count). The molecule has 2 fully saturated rings. The molecule has 23 heteroatoms. The van der Waals surface area contributed by atoms with Crippen LogP contribution in [-0.4, -0.2) is 203 Å². The fourth-order valence-corrected chi connectivity index (χ4v) is 10.2. The molecule has 0 unspecified atom stereocenters. The van der Waals surface area contributed by atoms with Gasteiger partial charge in [0.1, 0.15) is 11.9 Å². The van der Waals surface area contributed by atoms with Gasteiger partial charge in [-0.3, -0.25) is 63.6 Å². The van der Waals surface area contributed by atoms with Crippen molar-refractivity contribution in [1.82, 2.24) is 45.5 Å². The summed E-state index contributed by atoms with van der Waals surface area (Å²) in [4.78, 5) is 99.8. The Morgan fingerprint density at radius 2 is 1.33 bits per heavy atom. The highest BCUT2D eigenvalue weighted by atomic mass is 127. The Bertz CT molecular complexity index is 2410. The van der Waals surface area contributed by atoms with Gasteiger partial charge in [0.05, 0.1) is 43.9 Å². The van der Waals surface area contributed by atoms with Crippen LogP contribution < -0.4 is 26.5 Å². The number of ether oxygens (including phenoxy) is 1. The Morgan fingerprint density at radius 3 is 1.94 bits per heavy atom. The van der Waals surface area contributed by atoms with Crippen LogP contribution in [0, 0.1) is 9.49 Å². The van der Waals surface area contributed by atoms with Crippen molar-refractivity contribution in [2.75, 3.05) is 105 Å². The second-order valence-electron chi connectivity index (χ2n) is 20.5. The van der Waals surface area contributed by atoms with Gasteiger partial charge >= 0.3 is 17.9 Å². The zero-order chi connectivity index (χ0) is 56.8. The molecule has 79 heavy (non-hydrogen) atoms. The molecule has 8 N–H and O–H groups in total. The largest absolute Gasteiger partial charge is 0.494 e. The van der Waals surface area contributed by atoms with E-state index in [9.17, 15) is 48.9 Å². The summed E-state index contributed by atoms with van der Waals surface area (Å²) in [5, 5.41) is 40.0. The molecule has 2 saturated heterocycles. The molecular weight excluding hydrogens is 1130 g/mol. The molecule has 3 heterocycles. The quantitative estimate of drug-likeness (QED) is 0.0152. The van der Waals surface area contributed by atoms with Crippen molar-refractivity contribution in [3.05, 3.63) is 69.4 Å². The Morgan fingerprint density at radius 1 is 0.709 bits per heavy atom. The smallest absolute Gasteiger partial charge is 0.317 e. The average molecular weight is 1210 g/mol. The molecule has 0 radical (unpaired) electrons. The maximum Gasteiger partial charge on any atom is 0.317 e. The van der Waals surface area contributed by atoms with Crippen LogP contribution in [0.1, 0.15) is 106 Å². The molecule has 0 aliphatic carbocycles. The normalized spacial score (nSPS) is 16.2. The number of primary amides is 1. The van der Waals surface area contributed by atoms with Crippen LogP contribution in [0.3, 0.4) is 0 Å². The number of fused-ring (bicyclic) bond motifs is 1. The number of unbranched alkanes of at least 4 members (excludes halogenated alkanes) is 4. The van der Waals surface area contributed by atoms with E-state index in [1.807, 2.05) is 28.0 Å². The number of halogens is 1. The maximum absolute atomic E-state index is 13.8. The Balaban J connectivity index is 1.04. The third kappa shape index (κ3) is 25.8. The van der Waals surface area contributed by atoms with Crippen molar-refractivity contribution >= 4 is 81.2 Å². The van der Waals surface area contributed by atoms with Crippen LogP contribution in [-0.2, 0) is 35.2 Å². The third-order valence-corrected chi connectivity index (χ3v) is 15.0. The van der Waals surface area contributed by atoms with Crippen LogP contribution in [0.5, 0.6) is 5.75 Å². The number of likely N-dealkylation sites (tertiary alicyclic amines) is 1. The van der Waals surface area contributed by atoms with Gasteiger partial charge in [-0.25, -0.2) is 0 Å². The highest BCUT2D eigenvalue weighted by molar-refractivity contribution is 14.1. The summed E-state index contributed by atoms with van der Waals surface area (Å²) in [7, 11) is 0.